The number of ether oxygens (including phenoxy) is 3. The van der Waals surface area contributed by atoms with Gasteiger partial charge in [0.25, 0.3) is 0 Å². The van der Waals surface area contributed by atoms with Crippen LogP contribution in [0.1, 0.15) is 0 Å². The van der Waals surface area contributed by atoms with E-state index in [9.17, 15) is 9.90 Å². The topological polar surface area (TPSA) is 65.0 Å². The average molecular weight is 302 g/mol. The van der Waals surface area contributed by atoms with Crippen molar-refractivity contribution in [3.8, 4) is 11.5 Å². The van der Waals surface area contributed by atoms with Crippen LogP contribution in [0.15, 0.2) is 49.1 Å². The highest BCUT2D eigenvalue weighted by atomic mass is 16.6. The molecule has 0 fully saturated rings. The molecular formula is C17H18O5. The number of phenolic OH excluding ortho intramolecular Hbond substituents is 1. The molecule has 5 heteroatoms. The van der Waals surface area contributed by atoms with E-state index in [1.807, 2.05) is 24.3 Å². The minimum atomic E-state index is -0.463. The molecule has 5 nitrogen and oxygen atoms in total. The summed E-state index contributed by atoms with van der Waals surface area (Å²) < 4.78 is 15.7. The molecule has 0 spiro atoms. The smallest absolute Gasteiger partial charge is 0.330 e. The summed E-state index contributed by atoms with van der Waals surface area (Å²) in [5, 5.41) is 11.4. The summed E-state index contributed by atoms with van der Waals surface area (Å²) in [6.07, 6.45) is 1.11. The molecule has 0 unspecified atom stereocenters. The van der Waals surface area contributed by atoms with Crippen LogP contribution in [0.2, 0.25) is 0 Å². The van der Waals surface area contributed by atoms with Crippen LogP contribution < -0.4 is 4.74 Å². The number of esters is 1. The second kappa shape index (κ2) is 8.05. The standard InChI is InChI=1S/C17H18O5/c1-2-17(19)22-12-10-20-9-11-21-16-8-7-15(18)13-5-3-4-6-14(13)16/h2-8,18H,1,9-12H2. The summed E-state index contributed by atoms with van der Waals surface area (Å²) in [6.45, 7) is 4.53. The predicted molar refractivity (Wildman–Crippen MR) is 83.1 cm³/mol. The van der Waals surface area contributed by atoms with E-state index in [1.165, 1.54) is 0 Å². The van der Waals surface area contributed by atoms with Crippen molar-refractivity contribution in [1.29, 1.82) is 0 Å². The van der Waals surface area contributed by atoms with Crippen molar-refractivity contribution in [2.45, 2.75) is 0 Å². The maximum atomic E-state index is 10.8. The molecule has 22 heavy (non-hydrogen) atoms. The highest BCUT2D eigenvalue weighted by Crippen LogP contribution is 2.31. The summed E-state index contributed by atoms with van der Waals surface area (Å²) in [5.41, 5.74) is 0. The molecule has 0 radical (unpaired) electrons. The first-order valence-corrected chi connectivity index (χ1v) is 6.93. The number of benzene rings is 2. The molecule has 0 saturated heterocycles. The largest absolute Gasteiger partial charge is 0.507 e. The first kappa shape index (κ1) is 15.9. The Morgan fingerprint density at radius 1 is 1.05 bits per heavy atom. The van der Waals surface area contributed by atoms with Crippen LogP contribution in [0.4, 0.5) is 0 Å². The van der Waals surface area contributed by atoms with E-state index in [2.05, 4.69) is 6.58 Å². The molecule has 0 amide bonds. The van der Waals surface area contributed by atoms with Crippen molar-refractivity contribution in [1.82, 2.24) is 0 Å². The normalized spacial score (nSPS) is 10.4. The van der Waals surface area contributed by atoms with Gasteiger partial charge in [-0.1, -0.05) is 30.8 Å². The van der Waals surface area contributed by atoms with E-state index in [0.717, 1.165) is 16.8 Å². The Labute approximate surface area is 128 Å². The van der Waals surface area contributed by atoms with Crippen LogP contribution in [-0.2, 0) is 14.3 Å². The van der Waals surface area contributed by atoms with Gasteiger partial charge >= 0.3 is 5.97 Å². The summed E-state index contributed by atoms with van der Waals surface area (Å²) in [7, 11) is 0. The Morgan fingerprint density at radius 3 is 2.55 bits per heavy atom. The zero-order valence-corrected chi connectivity index (χ0v) is 12.2. The van der Waals surface area contributed by atoms with Crippen molar-refractivity contribution in [3.63, 3.8) is 0 Å². The van der Waals surface area contributed by atoms with Crippen LogP contribution >= 0.6 is 0 Å². The van der Waals surface area contributed by atoms with Gasteiger partial charge in [-0.25, -0.2) is 4.79 Å². The third-order valence-corrected chi connectivity index (χ3v) is 2.98. The van der Waals surface area contributed by atoms with Gasteiger partial charge < -0.3 is 19.3 Å². The number of fused-ring (bicyclic) bond motifs is 1. The van der Waals surface area contributed by atoms with Crippen LogP contribution in [0.5, 0.6) is 11.5 Å². The molecule has 0 aliphatic rings. The van der Waals surface area contributed by atoms with E-state index in [1.54, 1.807) is 12.1 Å². The Bertz CT molecular complexity index is 651. The van der Waals surface area contributed by atoms with Gasteiger partial charge in [-0.15, -0.1) is 0 Å². The van der Waals surface area contributed by atoms with Crippen LogP contribution in [0, 0.1) is 0 Å². The number of aromatic hydroxyl groups is 1. The molecular weight excluding hydrogens is 284 g/mol. The fourth-order valence-corrected chi connectivity index (χ4v) is 1.95. The quantitative estimate of drug-likeness (QED) is 0.461. The van der Waals surface area contributed by atoms with Crippen LogP contribution in [0.25, 0.3) is 10.8 Å². The van der Waals surface area contributed by atoms with Crippen LogP contribution in [-0.4, -0.2) is 37.5 Å². The first-order chi connectivity index (χ1) is 10.7. The lowest BCUT2D eigenvalue weighted by Crippen LogP contribution is -2.12. The van der Waals surface area contributed by atoms with Gasteiger partial charge in [0.1, 0.15) is 24.7 Å². The van der Waals surface area contributed by atoms with Crippen molar-refractivity contribution < 1.29 is 24.1 Å². The van der Waals surface area contributed by atoms with Gasteiger partial charge in [-0.2, -0.15) is 0 Å². The Hall–Kier alpha value is -2.53. The highest BCUT2D eigenvalue weighted by Gasteiger charge is 2.05. The monoisotopic (exact) mass is 302 g/mol. The Morgan fingerprint density at radius 2 is 1.77 bits per heavy atom. The number of phenols is 1. The van der Waals surface area contributed by atoms with Crippen molar-refractivity contribution >= 4 is 16.7 Å². The second-order valence-electron chi connectivity index (χ2n) is 4.46. The SMILES string of the molecule is C=CC(=O)OCCOCCOc1ccc(O)c2ccccc12. The summed E-state index contributed by atoms with van der Waals surface area (Å²) >= 11 is 0. The number of hydrogen-bond acceptors (Lipinski definition) is 5. The van der Waals surface area contributed by atoms with Crippen LogP contribution in [0.3, 0.4) is 0 Å². The van der Waals surface area contributed by atoms with Gasteiger partial charge in [0.15, 0.2) is 0 Å². The van der Waals surface area contributed by atoms with Gasteiger partial charge in [0.05, 0.1) is 13.2 Å². The summed E-state index contributed by atoms with van der Waals surface area (Å²) in [6, 6.07) is 10.8. The van der Waals surface area contributed by atoms with E-state index in [-0.39, 0.29) is 12.4 Å². The van der Waals surface area contributed by atoms with E-state index in [4.69, 9.17) is 14.2 Å². The zero-order chi connectivity index (χ0) is 15.8. The molecule has 0 atom stereocenters. The van der Waals surface area contributed by atoms with Crippen molar-refractivity contribution in [2.24, 2.45) is 0 Å². The maximum Gasteiger partial charge on any atom is 0.330 e. The van der Waals surface area contributed by atoms with Gasteiger partial charge in [-0.05, 0) is 12.1 Å². The number of hydrogen-bond donors (Lipinski definition) is 1. The number of carbonyl (C=O) groups is 1. The molecule has 2 aromatic carbocycles. The Kier molecular flexibility index (Phi) is 5.80. The van der Waals surface area contributed by atoms with E-state index >= 15 is 0 Å². The third-order valence-electron chi connectivity index (χ3n) is 2.98. The lowest BCUT2D eigenvalue weighted by atomic mass is 10.1. The molecule has 0 bridgehead atoms. The van der Waals surface area contributed by atoms with Crippen molar-refractivity contribution in [2.75, 3.05) is 26.4 Å². The fourth-order valence-electron chi connectivity index (χ4n) is 1.95. The molecule has 2 aromatic rings. The minimum Gasteiger partial charge on any atom is -0.507 e. The summed E-state index contributed by atoms with van der Waals surface area (Å²) in [4.78, 5) is 10.8. The summed E-state index contributed by atoms with van der Waals surface area (Å²) in [5.74, 6) is 0.453. The van der Waals surface area contributed by atoms with Gasteiger partial charge in [-0.3, -0.25) is 0 Å². The lowest BCUT2D eigenvalue weighted by Gasteiger charge is -2.10. The fraction of sp³-hybridized carbons (Fsp3) is 0.235. The highest BCUT2D eigenvalue weighted by molar-refractivity contribution is 5.92. The number of carbonyl (C=O) groups excluding carboxylic acids is 1. The molecule has 0 saturated carbocycles. The molecule has 0 aliphatic heterocycles. The maximum absolute atomic E-state index is 10.8. The van der Waals surface area contributed by atoms with Gasteiger partial charge in [0, 0.05) is 16.8 Å². The van der Waals surface area contributed by atoms with Gasteiger partial charge in [0.2, 0.25) is 0 Å². The lowest BCUT2D eigenvalue weighted by molar-refractivity contribution is -0.139. The van der Waals surface area contributed by atoms with Crippen molar-refractivity contribution in [3.05, 3.63) is 49.1 Å². The molecule has 0 heterocycles. The Balaban J connectivity index is 1.77. The minimum absolute atomic E-state index is 0.187. The molecule has 116 valence electrons. The molecule has 0 aliphatic carbocycles. The molecule has 1 N–H and O–H groups in total. The average Bonchev–Trinajstić information content (AvgIpc) is 2.55. The second-order valence-corrected chi connectivity index (χ2v) is 4.46. The predicted octanol–water partition coefficient (Wildman–Crippen LogP) is 2.67. The first-order valence-electron chi connectivity index (χ1n) is 6.93. The van der Waals surface area contributed by atoms with E-state index in [0.29, 0.717) is 25.6 Å². The number of rotatable bonds is 8. The zero-order valence-electron chi connectivity index (χ0n) is 12.2. The molecule has 2 rings (SSSR count). The third kappa shape index (κ3) is 4.23. The molecule has 0 aromatic heterocycles. The van der Waals surface area contributed by atoms with E-state index < -0.39 is 5.97 Å².